The molecule has 1 N–H and O–H groups in total. The molecule has 30 heavy (non-hydrogen) atoms. The van der Waals surface area contributed by atoms with Crippen molar-refractivity contribution >= 4 is 23.4 Å². The van der Waals surface area contributed by atoms with Crippen LogP contribution < -0.4 is 4.90 Å². The highest BCUT2D eigenvalue weighted by Crippen LogP contribution is 2.28. The Balaban J connectivity index is 0.000000469. The first-order valence-electron chi connectivity index (χ1n) is 10.3. The molecule has 2 aromatic carbocycles. The summed E-state index contributed by atoms with van der Waals surface area (Å²) < 4.78 is 9.88. The number of aryl methyl sites for hydroxylation is 1. The summed E-state index contributed by atoms with van der Waals surface area (Å²) in [5.74, 6) is -0.421. The predicted octanol–water partition coefficient (Wildman–Crippen LogP) is 5.57. The molecule has 1 aliphatic rings. The zero-order valence-electron chi connectivity index (χ0n) is 17.8. The first kappa shape index (κ1) is 23.4. The van der Waals surface area contributed by atoms with Crippen LogP contribution in [0.2, 0.25) is 0 Å². The fourth-order valence-corrected chi connectivity index (χ4v) is 3.43. The van der Waals surface area contributed by atoms with E-state index in [0.717, 1.165) is 16.9 Å². The molecule has 162 valence electrons. The molecular weight excluding hydrogens is 382 g/mol. The highest BCUT2D eigenvalue weighted by Gasteiger charge is 2.22. The average molecular weight is 414 g/mol. The largest absolute Gasteiger partial charge is 0.480 e. The minimum atomic E-state index is -0.933. The zero-order valence-corrected chi connectivity index (χ0v) is 17.8. The summed E-state index contributed by atoms with van der Waals surface area (Å²) in [5, 5.41) is 7.79. The molecule has 0 atom stereocenters. The topological polar surface area (TPSA) is 76.1 Å². The Bertz CT molecular complexity index is 787. The molecule has 1 saturated carbocycles. The number of para-hydroxylation sites is 1. The van der Waals surface area contributed by atoms with Crippen molar-refractivity contribution in [3.8, 4) is 0 Å². The number of carbonyl (C=O) groups is 2. The van der Waals surface area contributed by atoms with E-state index in [0.29, 0.717) is 12.5 Å². The Hall–Kier alpha value is -2.86. The third kappa shape index (κ3) is 7.87. The van der Waals surface area contributed by atoms with Crippen molar-refractivity contribution in [3.05, 3.63) is 60.2 Å². The average Bonchev–Trinajstić information content (AvgIpc) is 2.74. The van der Waals surface area contributed by atoms with Crippen molar-refractivity contribution in [3.63, 3.8) is 0 Å². The quantitative estimate of drug-likeness (QED) is 0.670. The molecule has 3 rings (SSSR count). The molecule has 0 bridgehead atoms. The minimum absolute atomic E-state index is 0.208. The fraction of sp³-hybridized carbons (Fsp3) is 0.417. The SMILES string of the molecule is COCC(=O)O.Cc1cccc(N(C(=O)OCC2CCCCC2)c2ccccc2)c1. The molecule has 1 fully saturated rings. The van der Waals surface area contributed by atoms with Gasteiger partial charge in [-0.15, -0.1) is 0 Å². The molecular formula is C24H31NO5. The molecule has 0 radical (unpaired) electrons. The van der Waals surface area contributed by atoms with E-state index in [1.54, 1.807) is 4.90 Å². The molecule has 0 heterocycles. The molecule has 1 amide bonds. The Labute approximate surface area is 178 Å². The van der Waals surface area contributed by atoms with Gasteiger partial charge in [0.1, 0.15) is 6.61 Å². The van der Waals surface area contributed by atoms with Gasteiger partial charge in [0, 0.05) is 7.11 Å². The predicted molar refractivity (Wildman–Crippen MR) is 117 cm³/mol. The number of hydrogen-bond donors (Lipinski definition) is 1. The standard InChI is InChI=1S/C21H25NO2.C3H6O3/c1-17-9-8-14-20(15-17)22(19-12-6-3-7-13-19)21(23)24-16-18-10-4-2-5-11-18;1-6-2-3(4)5/h3,6-9,12-15,18H,2,4-5,10-11,16H2,1H3;2H2,1H3,(H,4,5). The van der Waals surface area contributed by atoms with Gasteiger partial charge in [0.25, 0.3) is 0 Å². The Morgan fingerprint density at radius 1 is 1.00 bits per heavy atom. The lowest BCUT2D eigenvalue weighted by Crippen LogP contribution is -2.29. The molecule has 2 aromatic rings. The van der Waals surface area contributed by atoms with Crippen molar-refractivity contribution in [2.45, 2.75) is 39.0 Å². The van der Waals surface area contributed by atoms with Crippen LogP contribution in [-0.2, 0) is 14.3 Å². The summed E-state index contributed by atoms with van der Waals surface area (Å²) in [5.41, 5.74) is 2.79. The lowest BCUT2D eigenvalue weighted by Gasteiger charge is -2.25. The number of ether oxygens (including phenoxy) is 2. The van der Waals surface area contributed by atoms with Gasteiger partial charge >= 0.3 is 12.1 Å². The van der Waals surface area contributed by atoms with Crippen LogP contribution in [0.15, 0.2) is 54.6 Å². The molecule has 6 heteroatoms. The van der Waals surface area contributed by atoms with Crippen molar-refractivity contribution in [2.24, 2.45) is 5.92 Å². The monoisotopic (exact) mass is 413 g/mol. The number of methoxy groups -OCH3 is 1. The van der Waals surface area contributed by atoms with Crippen molar-refractivity contribution < 1.29 is 24.2 Å². The van der Waals surface area contributed by atoms with E-state index >= 15 is 0 Å². The summed E-state index contributed by atoms with van der Waals surface area (Å²) in [6, 6.07) is 17.6. The van der Waals surface area contributed by atoms with Crippen molar-refractivity contribution in [1.82, 2.24) is 0 Å². The number of benzene rings is 2. The smallest absolute Gasteiger partial charge is 0.418 e. The van der Waals surface area contributed by atoms with Gasteiger partial charge in [-0.1, -0.05) is 49.6 Å². The second-order valence-electron chi connectivity index (χ2n) is 7.42. The van der Waals surface area contributed by atoms with Gasteiger partial charge in [-0.05, 0) is 55.5 Å². The highest BCUT2D eigenvalue weighted by atomic mass is 16.6. The second-order valence-corrected chi connectivity index (χ2v) is 7.42. The number of carbonyl (C=O) groups excluding carboxylic acids is 1. The maximum Gasteiger partial charge on any atom is 0.418 e. The van der Waals surface area contributed by atoms with Crippen LogP contribution in [0.3, 0.4) is 0 Å². The third-order valence-corrected chi connectivity index (χ3v) is 4.89. The Morgan fingerprint density at radius 3 is 2.23 bits per heavy atom. The van der Waals surface area contributed by atoms with Crippen LogP contribution in [0.1, 0.15) is 37.7 Å². The Kier molecular flexibility index (Phi) is 9.87. The molecule has 0 saturated heterocycles. The van der Waals surface area contributed by atoms with E-state index in [4.69, 9.17) is 9.84 Å². The summed E-state index contributed by atoms with van der Waals surface area (Å²) in [6.45, 7) is 2.34. The van der Waals surface area contributed by atoms with E-state index in [1.165, 1.54) is 39.2 Å². The van der Waals surface area contributed by atoms with Gasteiger partial charge < -0.3 is 14.6 Å². The first-order valence-corrected chi connectivity index (χ1v) is 10.3. The molecule has 0 aliphatic heterocycles. The van der Waals surface area contributed by atoms with Gasteiger partial charge in [0.15, 0.2) is 0 Å². The van der Waals surface area contributed by atoms with Gasteiger partial charge in [0.2, 0.25) is 0 Å². The third-order valence-electron chi connectivity index (χ3n) is 4.89. The van der Waals surface area contributed by atoms with Crippen LogP contribution in [-0.4, -0.2) is 37.5 Å². The van der Waals surface area contributed by atoms with Gasteiger partial charge in [-0.3, -0.25) is 0 Å². The van der Waals surface area contributed by atoms with Crippen LogP contribution in [0.5, 0.6) is 0 Å². The summed E-state index contributed by atoms with van der Waals surface area (Å²) in [4.78, 5) is 23.9. The van der Waals surface area contributed by atoms with E-state index in [-0.39, 0.29) is 12.7 Å². The van der Waals surface area contributed by atoms with Gasteiger partial charge in [-0.2, -0.15) is 0 Å². The van der Waals surface area contributed by atoms with Crippen molar-refractivity contribution in [1.29, 1.82) is 0 Å². The molecule has 0 spiro atoms. The van der Waals surface area contributed by atoms with Crippen LogP contribution >= 0.6 is 0 Å². The number of rotatable bonds is 6. The molecule has 0 aromatic heterocycles. The normalized spacial score (nSPS) is 13.7. The Morgan fingerprint density at radius 2 is 1.67 bits per heavy atom. The number of amides is 1. The fourth-order valence-electron chi connectivity index (χ4n) is 3.43. The molecule has 0 unspecified atom stereocenters. The maximum atomic E-state index is 12.8. The lowest BCUT2D eigenvalue weighted by atomic mass is 9.90. The van der Waals surface area contributed by atoms with E-state index in [2.05, 4.69) is 4.74 Å². The van der Waals surface area contributed by atoms with E-state index in [9.17, 15) is 9.59 Å². The molecule has 1 aliphatic carbocycles. The number of aliphatic carboxylic acids is 1. The van der Waals surface area contributed by atoms with Gasteiger partial charge in [-0.25, -0.2) is 14.5 Å². The van der Waals surface area contributed by atoms with E-state index in [1.807, 2.05) is 61.5 Å². The van der Waals surface area contributed by atoms with Crippen LogP contribution in [0.25, 0.3) is 0 Å². The number of carboxylic acid groups (broad SMARTS) is 1. The molecule has 6 nitrogen and oxygen atoms in total. The number of carboxylic acids is 1. The van der Waals surface area contributed by atoms with Gasteiger partial charge in [0.05, 0.1) is 18.0 Å². The maximum absolute atomic E-state index is 12.8. The minimum Gasteiger partial charge on any atom is -0.480 e. The summed E-state index contributed by atoms with van der Waals surface area (Å²) >= 11 is 0. The number of hydrogen-bond acceptors (Lipinski definition) is 4. The number of nitrogens with zero attached hydrogens (tertiary/aromatic N) is 1. The van der Waals surface area contributed by atoms with E-state index < -0.39 is 5.97 Å². The van der Waals surface area contributed by atoms with Crippen molar-refractivity contribution in [2.75, 3.05) is 25.2 Å². The second kappa shape index (κ2) is 12.6. The summed E-state index contributed by atoms with van der Waals surface area (Å²) in [7, 11) is 1.34. The first-order chi connectivity index (χ1) is 14.5. The lowest BCUT2D eigenvalue weighted by molar-refractivity contribution is -0.141. The van der Waals surface area contributed by atoms with Crippen LogP contribution in [0.4, 0.5) is 16.2 Å². The number of anilines is 2. The van der Waals surface area contributed by atoms with Crippen LogP contribution in [0, 0.1) is 12.8 Å². The highest BCUT2D eigenvalue weighted by molar-refractivity contribution is 5.96. The zero-order chi connectivity index (χ0) is 21.8. The summed E-state index contributed by atoms with van der Waals surface area (Å²) in [6.07, 6.45) is 5.86.